The van der Waals surface area contributed by atoms with Crippen molar-refractivity contribution in [1.82, 2.24) is 0 Å². The van der Waals surface area contributed by atoms with Crippen molar-refractivity contribution in [2.45, 2.75) is 13.3 Å². The van der Waals surface area contributed by atoms with Crippen LogP contribution in [0.25, 0.3) is 21.9 Å². The predicted octanol–water partition coefficient (Wildman–Crippen LogP) is 6.56. The first-order chi connectivity index (χ1) is 14.1. The fourth-order valence-electron chi connectivity index (χ4n) is 3.43. The summed E-state index contributed by atoms with van der Waals surface area (Å²) in [4.78, 5) is 11.3. The molecule has 3 nitrogen and oxygen atoms in total. The van der Waals surface area contributed by atoms with Crippen molar-refractivity contribution in [2.24, 2.45) is 5.92 Å². The van der Waals surface area contributed by atoms with E-state index in [2.05, 4.69) is 30.3 Å². The van der Waals surface area contributed by atoms with Gasteiger partial charge in [0.1, 0.15) is 11.5 Å². The van der Waals surface area contributed by atoms with Crippen LogP contribution in [-0.4, -0.2) is 11.1 Å². The zero-order valence-electron chi connectivity index (χ0n) is 16.2. The van der Waals surface area contributed by atoms with Crippen LogP contribution >= 0.6 is 0 Å². The summed E-state index contributed by atoms with van der Waals surface area (Å²) in [6.07, 6.45) is 0.474. The number of carbonyl (C=O) groups is 1. The monoisotopic (exact) mass is 382 g/mol. The van der Waals surface area contributed by atoms with Crippen LogP contribution in [0, 0.1) is 5.92 Å². The number of aliphatic carboxylic acids is 1. The Balaban J connectivity index is 1.78. The van der Waals surface area contributed by atoms with Crippen LogP contribution in [0.1, 0.15) is 12.5 Å². The molecule has 0 radical (unpaired) electrons. The van der Waals surface area contributed by atoms with Gasteiger partial charge in [0.05, 0.1) is 5.92 Å². The third-order valence-electron chi connectivity index (χ3n) is 5.04. The highest BCUT2D eigenvalue weighted by Crippen LogP contribution is 2.36. The number of ether oxygens (including phenoxy) is 1. The molecule has 0 saturated heterocycles. The van der Waals surface area contributed by atoms with E-state index in [1.54, 1.807) is 6.92 Å². The van der Waals surface area contributed by atoms with Crippen LogP contribution < -0.4 is 4.74 Å². The van der Waals surface area contributed by atoms with Gasteiger partial charge in [-0.15, -0.1) is 0 Å². The summed E-state index contributed by atoms with van der Waals surface area (Å²) in [7, 11) is 0. The van der Waals surface area contributed by atoms with Crippen LogP contribution in [0.15, 0.2) is 91.0 Å². The van der Waals surface area contributed by atoms with Crippen molar-refractivity contribution < 1.29 is 14.6 Å². The van der Waals surface area contributed by atoms with Gasteiger partial charge in [0.15, 0.2) is 0 Å². The molecule has 0 aromatic heterocycles. The van der Waals surface area contributed by atoms with Crippen molar-refractivity contribution in [2.75, 3.05) is 0 Å². The van der Waals surface area contributed by atoms with Crippen molar-refractivity contribution in [3.8, 4) is 22.6 Å². The lowest BCUT2D eigenvalue weighted by Crippen LogP contribution is -2.12. The molecule has 0 aliphatic carbocycles. The summed E-state index contributed by atoms with van der Waals surface area (Å²) in [5.74, 6) is 0.279. The molecule has 1 unspecified atom stereocenters. The van der Waals surface area contributed by atoms with E-state index in [4.69, 9.17) is 4.74 Å². The lowest BCUT2D eigenvalue weighted by molar-refractivity contribution is -0.141. The molecular formula is C26H22O3. The molecule has 144 valence electrons. The number of para-hydroxylation sites is 1. The lowest BCUT2D eigenvalue weighted by Gasteiger charge is -2.15. The van der Waals surface area contributed by atoms with Gasteiger partial charge in [-0.05, 0) is 58.7 Å². The Morgan fingerprint density at radius 1 is 0.862 bits per heavy atom. The minimum Gasteiger partial charge on any atom is -0.481 e. The minimum atomic E-state index is -0.790. The average molecular weight is 382 g/mol. The number of carboxylic acid groups (broad SMARTS) is 1. The fourth-order valence-corrected chi connectivity index (χ4v) is 3.43. The van der Waals surface area contributed by atoms with Gasteiger partial charge < -0.3 is 9.84 Å². The first-order valence-electron chi connectivity index (χ1n) is 9.68. The third-order valence-corrected chi connectivity index (χ3v) is 5.04. The molecular weight excluding hydrogens is 360 g/mol. The summed E-state index contributed by atoms with van der Waals surface area (Å²) < 4.78 is 6.17. The standard InChI is InChI=1S/C26H22O3/c1-18(26(27)28)15-19-11-14-25(29-23-9-3-2-4-10-23)24(16-19)22-13-12-20-7-5-6-8-21(20)17-22/h2-14,16-18H,15H2,1H3,(H,27,28). The number of fused-ring (bicyclic) bond motifs is 1. The minimum absolute atomic E-state index is 0.444. The molecule has 0 fully saturated rings. The molecule has 3 heteroatoms. The molecule has 4 rings (SSSR count). The van der Waals surface area contributed by atoms with E-state index in [0.29, 0.717) is 6.42 Å². The largest absolute Gasteiger partial charge is 0.481 e. The Kier molecular flexibility index (Phi) is 5.30. The summed E-state index contributed by atoms with van der Waals surface area (Å²) in [6, 6.07) is 30.2. The van der Waals surface area contributed by atoms with Crippen molar-refractivity contribution in [1.29, 1.82) is 0 Å². The molecule has 1 N–H and O–H groups in total. The number of carboxylic acids is 1. The van der Waals surface area contributed by atoms with Crippen LogP contribution in [0.2, 0.25) is 0 Å². The van der Waals surface area contributed by atoms with Crippen LogP contribution in [0.5, 0.6) is 11.5 Å². The van der Waals surface area contributed by atoms with Gasteiger partial charge in [-0.1, -0.05) is 67.6 Å². The number of hydrogen-bond donors (Lipinski definition) is 1. The average Bonchev–Trinajstić information content (AvgIpc) is 2.75. The summed E-state index contributed by atoms with van der Waals surface area (Å²) in [6.45, 7) is 1.73. The molecule has 0 bridgehead atoms. The molecule has 0 aliphatic heterocycles. The highest BCUT2D eigenvalue weighted by Gasteiger charge is 2.15. The van der Waals surface area contributed by atoms with Gasteiger partial charge in [0.2, 0.25) is 0 Å². The smallest absolute Gasteiger partial charge is 0.306 e. The maximum atomic E-state index is 11.3. The van der Waals surface area contributed by atoms with Crippen LogP contribution in [-0.2, 0) is 11.2 Å². The molecule has 0 spiro atoms. The summed E-state index contributed by atoms with van der Waals surface area (Å²) >= 11 is 0. The van der Waals surface area contributed by atoms with Crippen molar-refractivity contribution >= 4 is 16.7 Å². The molecule has 0 saturated carbocycles. The molecule has 0 aliphatic rings. The Labute approximate surface area is 170 Å². The number of rotatable bonds is 6. The molecule has 29 heavy (non-hydrogen) atoms. The topological polar surface area (TPSA) is 46.5 Å². The fraction of sp³-hybridized carbons (Fsp3) is 0.115. The SMILES string of the molecule is CC(Cc1ccc(Oc2ccccc2)c(-c2ccc3ccccc3c2)c1)C(=O)O. The van der Waals surface area contributed by atoms with E-state index in [0.717, 1.165) is 33.6 Å². The van der Waals surface area contributed by atoms with E-state index in [9.17, 15) is 9.90 Å². The van der Waals surface area contributed by atoms with Gasteiger partial charge in [-0.2, -0.15) is 0 Å². The van der Waals surface area contributed by atoms with E-state index >= 15 is 0 Å². The van der Waals surface area contributed by atoms with E-state index < -0.39 is 11.9 Å². The highest BCUT2D eigenvalue weighted by atomic mass is 16.5. The molecule has 0 heterocycles. The number of benzene rings is 4. The van der Waals surface area contributed by atoms with E-state index in [-0.39, 0.29) is 0 Å². The van der Waals surface area contributed by atoms with Gasteiger partial charge in [0.25, 0.3) is 0 Å². The summed E-state index contributed by atoms with van der Waals surface area (Å²) in [5.41, 5.74) is 2.97. The lowest BCUT2D eigenvalue weighted by atomic mass is 9.95. The van der Waals surface area contributed by atoms with Crippen LogP contribution in [0.4, 0.5) is 0 Å². The Hall–Kier alpha value is -3.59. The Morgan fingerprint density at radius 3 is 2.34 bits per heavy atom. The predicted molar refractivity (Wildman–Crippen MR) is 116 cm³/mol. The first-order valence-corrected chi connectivity index (χ1v) is 9.68. The molecule has 1 atom stereocenters. The highest BCUT2D eigenvalue weighted by molar-refractivity contribution is 5.88. The Bertz CT molecular complexity index is 1150. The maximum absolute atomic E-state index is 11.3. The molecule has 4 aromatic carbocycles. The first kappa shape index (κ1) is 18.8. The van der Waals surface area contributed by atoms with E-state index in [1.165, 1.54) is 5.39 Å². The second-order valence-electron chi connectivity index (χ2n) is 7.25. The Morgan fingerprint density at radius 2 is 1.59 bits per heavy atom. The summed E-state index contributed by atoms with van der Waals surface area (Å²) in [5, 5.41) is 11.6. The van der Waals surface area contributed by atoms with Gasteiger partial charge in [-0.25, -0.2) is 0 Å². The third kappa shape index (κ3) is 4.30. The van der Waals surface area contributed by atoms with E-state index in [1.807, 2.05) is 60.7 Å². The van der Waals surface area contributed by atoms with Gasteiger partial charge in [-0.3, -0.25) is 4.79 Å². The van der Waals surface area contributed by atoms with Crippen molar-refractivity contribution in [3.63, 3.8) is 0 Å². The quantitative estimate of drug-likeness (QED) is 0.411. The normalized spacial score (nSPS) is 11.9. The molecule has 4 aromatic rings. The zero-order chi connectivity index (χ0) is 20.2. The van der Waals surface area contributed by atoms with Crippen LogP contribution in [0.3, 0.4) is 0 Å². The van der Waals surface area contributed by atoms with Gasteiger partial charge in [0, 0.05) is 5.56 Å². The maximum Gasteiger partial charge on any atom is 0.306 e. The second kappa shape index (κ2) is 8.19. The number of hydrogen-bond acceptors (Lipinski definition) is 2. The van der Waals surface area contributed by atoms with Crippen molar-refractivity contribution in [3.05, 3.63) is 96.6 Å². The van der Waals surface area contributed by atoms with Gasteiger partial charge >= 0.3 is 5.97 Å². The zero-order valence-corrected chi connectivity index (χ0v) is 16.2. The second-order valence-corrected chi connectivity index (χ2v) is 7.25. The molecule has 0 amide bonds.